The van der Waals surface area contributed by atoms with E-state index in [1.54, 1.807) is 41.3 Å². The van der Waals surface area contributed by atoms with Gasteiger partial charge in [-0.3, -0.25) is 9.59 Å². The van der Waals surface area contributed by atoms with Crippen molar-refractivity contribution in [3.63, 3.8) is 0 Å². The van der Waals surface area contributed by atoms with Gasteiger partial charge in [0.2, 0.25) is 0 Å². The minimum Gasteiger partial charge on any atom is -0.322 e. The van der Waals surface area contributed by atoms with E-state index in [0.717, 1.165) is 29.7 Å². The van der Waals surface area contributed by atoms with E-state index in [9.17, 15) is 14.0 Å². The van der Waals surface area contributed by atoms with Crippen LogP contribution in [-0.2, 0) is 0 Å². The molecule has 0 aliphatic carbocycles. The van der Waals surface area contributed by atoms with Gasteiger partial charge in [0.15, 0.2) is 0 Å². The monoisotopic (exact) mass is 445 g/mol. The molecule has 0 saturated carbocycles. The summed E-state index contributed by atoms with van der Waals surface area (Å²) in [5.41, 5.74) is 4.21. The lowest BCUT2D eigenvalue weighted by Gasteiger charge is -2.27. The zero-order valence-corrected chi connectivity index (χ0v) is 19.1. The van der Waals surface area contributed by atoms with Crippen molar-refractivity contribution in [2.24, 2.45) is 0 Å². The van der Waals surface area contributed by atoms with Gasteiger partial charge in [0, 0.05) is 35.1 Å². The lowest BCUT2D eigenvalue weighted by atomic mass is 10.0. The van der Waals surface area contributed by atoms with Gasteiger partial charge in [-0.15, -0.1) is 0 Å². The van der Waals surface area contributed by atoms with Crippen LogP contribution >= 0.6 is 0 Å². The lowest BCUT2D eigenvalue weighted by molar-refractivity contribution is 0.0985. The van der Waals surface area contributed by atoms with E-state index in [1.165, 1.54) is 12.1 Å². The quantitative estimate of drug-likeness (QED) is 0.583. The van der Waals surface area contributed by atoms with E-state index < -0.39 is 0 Å². The van der Waals surface area contributed by atoms with E-state index in [-0.39, 0.29) is 23.7 Å². The smallest absolute Gasteiger partial charge is 0.258 e. The maximum atomic E-state index is 14.1. The predicted molar refractivity (Wildman–Crippen MR) is 129 cm³/mol. The number of anilines is 2. The van der Waals surface area contributed by atoms with Crippen molar-refractivity contribution in [3.8, 4) is 0 Å². The number of nitrogens with zero attached hydrogens (tertiary/aromatic N) is 2. The largest absolute Gasteiger partial charge is 0.322 e. The Kier molecular flexibility index (Phi) is 6.56. The van der Waals surface area contributed by atoms with E-state index >= 15 is 0 Å². The summed E-state index contributed by atoms with van der Waals surface area (Å²) >= 11 is 0. The van der Waals surface area contributed by atoms with Crippen LogP contribution in [0.5, 0.6) is 0 Å². The molecule has 5 nitrogen and oxygen atoms in total. The highest BCUT2D eigenvalue weighted by Crippen LogP contribution is 2.36. The van der Waals surface area contributed by atoms with Gasteiger partial charge in [-0.2, -0.15) is 0 Å². The number of amides is 2. The summed E-state index contributed by atoms with van der Waals surface area (Å²) in [6.07, 6.45) is 1.66. The number of carbonyl (C=O) groups excluding carboxylic acids is 2. The summed E-state index contributed by atoms with van der Waals surface area (Å²) < 4.78 is 14.1. The highest BCUT2D eigenvalue weighted by atomic mass is 19.1. The number of halogens is 1. The summed E-state index contributed by atoms with van der Waals surface area (Å²) in [5.74, 6) is -0.631. The molecule has 3 aromatic carbocycles. The highest BCUT2D eigenvalue weighted by Gasteiger charge is 2.28. The molecule has 0 fully saturated rings. The molecule has 4 rings (SSSR count). The van der Waals surface area contributed by atoms with Crippen LogP contribution in [0, 0.1) is 12.7 Å². The van der Waals surface area contributed by atoms with Crippen molar-refractivity contribution < 1.29 is 14.0 Å². The van der Waals surface area contributed by atoms with Crippen LogP contribution in [-0.4, -0.2) is 37.4 Å². The van der Waals surface area contributed by atoms with Crippen LogP contribution in [0.15, 0.2) is 66.7 Å². The maximum Gasteiger partial charge on any atom is 0.258 e. The predicted octanol–water partition coefficient (Wildman–Crippen LogP) is 5.43. The molecule has 0 saturated heterocycles. The molecule has 170 valence electrons. The molecule has 1 atom stereocenters. The van der Waals surface area contributed by atoms with Crippen molar-refractivity contribution in [1.29, 1.82) is 0 Å². The average molecular weight is 446 g/mol. The molecule has 0 radical (unpaired) electrons. The second-order valence-electron chi connectivity index (χ2n) is 8.63. The van der Waals surface area contributed by atoms with E-state index in [2.05, 4.69) is 10.2 Å². The molecule has 2 amide bonds. The number of carbonyl (C=O) groups is 2. The van der Waals surface area contributed by atoms with Crippen molar-refractivity contribution >= 4 is 23.2 Å². The van der Waals surface area contributed by atoms with Gasteiger partial charge in [-0.1, -0.05) is 18.2 Å². The number of hydrogen-bond donors (Lipinski definition) is 1. The first kappa shape index (κ1) is 22.7. The third-order valence-corrected chi connectivity index (χ3v) is 6.15. The SMILES string of the molecule is Cc1ccccc1C(=O)Nc1ccc(C(=O)N2CCCC(N(C)C)c3cc(F)ccc32)cc1. The molecule has 1 heterocycles. The van der Waals surface area contributed by atoms with Crippen LogP contribution in [0.1, 0.15) is 50.7 Å². The number of nitrogens with one attached hydrogen (secondary N) is 1. The molecule has 1 unspecified atom stereocenters. The second-order valence-corrected chi connectivity index (χ2v) is 8.63. The first-order valence-electron chi connectivity index (χ1n) is 11.1. The Balaban J connectivity index is 1.56. The van der Waals surface area contributed by atoms with Crippen molar-refractivity contribution in [3.05, 3.63) is 94.8 Å². The van der Waals surface area contributed by atoms with Crippen molar-refractivity contribution in [2.75, 3.05) is 30.9 Å². The van der Waals surface area contributed by atoms with Gasteiger partial charge in [0.05, 0.1) is 0 Å². The standard InChI is InChI=1S/C27H28FN3O2/c1-18-7-4-5-8-22(18)26(32)29-21-13-10-19(11-14-21)27(33)31-16-6-9-24(30(2)3)23-17-20(28)12-15-25(23)31/h4-5,7-8,10-15,17,24H,6,9,16H2,1-3H3,(H,29,32). The fourth-order valence-electron chi connectivity index (χ4n) is 4.38. The zero-order valence-electron chi connectivity index (χ0n) is 19.1. The molecular formula is C27H28FN3O2. The first-order valence-corrected chi connectivity index (χ1v) is 11.1. The summed E-state index contributed by atoms with van der Waals surface area (Å²) in [6.45, 7) is 2.45. The Morgan fingerprint density at radius 2 is 1.76 bits per heavy atom. The third-order valence-electron chi connectivity index (χ3n) is 6.15. The number of rotatable bonds is 4. The highest BCUT2D eigenvalue weighted by molar-refractivity contribution is 6.08. The van der Waals surface area contributed by atoms with Crippen molar-refractivity contribution in [1.82, 2.24) is 4.90 Å². The third kappa shape index (κ3) is 4.81. The summed E-state index contributed by atoms with van der Waals surface area (Å²) in [6, 6.07) is 19.0. The Hall–Kier alpha value is -3.51. The molecule has 1 aliphatic rings. The van der Waals surface area contributed by atoms with Crippen LogP contribution < -0.4 is 10.2 Å². The molecule has 6 heteroatoms. The number of benzene rings is 3. The van der Waals surface area contributed by atoms with Crippen LogP contribution in [0.25, 0.3) is 0 Å². The molecule has 0 bridgehead atoms. The van der Waals surface area contributed by atoms with E-state index in [0.29, 0.717) is 23.4 Å². The van der Waals surface area contributed by atoms with Gasteiger partial charge in [0.25, 0.3) is 11.8 Å². The van der Waals surface area contributed by atoms with Gasteiger partial charge in [-0.05, 0) is 93.5 Å². The van der Waals surface area contributed by atoms with E-state index in [4.69, 9.17) is 0 Å². The zero-order chi connectivity index (χ0) is 23.5. The topological polar surface area (TPSA) is 52.7 Å². The Morgan fingerprint density at radius 1 is 1.03 bits per heavy atom. The molecule has 1 N–H and O–H groups in total. The number of aryl methyl sites for hydroxylation is 1. The summed E-state index contributed by atoms with van der Waals surface area (Å²) in [4.78, 5) is 29.8. The Bertz CT molecular complexity index is 1170. The number of fused-ring (bicyclic) bond motifs is 1. The van der Waals surface area contributed by atoms with Crippen molar-refractivity contribution in [2.45, 2.75) is 25.8 Å². The maximum absolute atomic E-state index is 14.1. The Labute approximate surface area is 193 Å². The molecule has 1 aliphatic heterocycles. The van der Waals surface area contributed by atoms with Gasteiger partial charge < -0.3 is 15.1 Å². The minimum absolute atomic E-state index is 0.0486. The normalized spacial score (nSPS) is 15.7. The molecule has 0 aromatic heterocycles. The average Bonchev–Trinajstić information content (AvgIpc) is 2.98. The van der Waals surface area contributed by atoms with Gasteiger partial charge in [0.1, 0.15) is 5.82 Å². The fourth-order valence-corrected chi connectivity index (χ4v) is 4.38. The van der Waals surface area contributed by atoms with Crippen LogP contribution in [0.2, 0.25) is 0 Å². The first-order chi connectivity index (χ1) is 15.8. The van der Waals surface area contributed by atoms with Gasteiger partial charge in [-0.25, -0.2) is 4.39 Å². The van der Waals surface area contributed by atoms with E-state index in [1.807, 2.05) is 39.2 Å². The van der Waals surface area contributed by atoms with Gasteiger partial charge >= 0.3 is 0 Å². The van der Waals surface area contributed by atoms with Crippen LogP contribution in [0.4, 0.5) is 15.8 Å². The second kappa shape index (κ2) is 9.55. The molecule has 3 aromatic rings. The lowest BCUT2D eigenvalue weighted by Crippen LogP contribution is -2.32. The number of hydrogen-bond acceptors (Lipinski definition) is 3. The Morgan fingerprint density at radius 3 is 2.45 bits per heavy atom. The molecule has 0 spiro atoms. The molecule has 33 heavy (non-hydrogen) atoms. The summed E-state index contributed by atoms with van der Waals surface area (Å²) in [5, 5.41) is 2.88. The fraction of sp³-hybridized carbons (Fsp3) is 0.259. The molecular weight excluding hydrogens is 417 g/mol. The minimum atomic E-state index is -0.302. The van der Waals surface area contributed by atoms with Crippen LogP contribution in [0.3, 0.4) is 0 Å². The summed E-state index contributed by atoms with van der Waals surface area (Å²) in [7, 11) is 3.95.